The first-order valence-corrected chi connectivity index (χ1v) is 8.28. The summed E-state index contributed by atoms with van der Waals surface area (Å²) < 4.78 is 1.85. The molecule has 0 N–H and O–H groups in total. The molecule has 1 aromatic heterocycles. The first-order valence-electron chi connectivity index (χ1n) is 8.28. The Morgan fingerprint density at radius 3 is 2.22 bits per heavy atom. The molecule has 1 fully saturated rings. The number of amides is 3. The van der Waals surface area contributed by atoms with Gasteiger partial charge in [0, 0.05) is 46.5 Å². The summed E-state index contributed by atoms with van der Waals surface area (Å²) in [4.78, 5) is 29.9. The normalized spacial score (nSPS) is 15.2. The number of hydrogen-bond donors (Lipinski definition) is 0. The van der Waals surface area contributed by atoms with Crippen LogP contribution in [0.4, 0.5) is 4.79 Å². The number of rotatable bonds is 4. The molecule has 1 saturated heterocycles. The van der Waals surface area contributed by atoms with Crippen LogP contribution in [0.5, 0.6) is 0 Å². The van der Waals surface area contributed by atoms with Crippen LogP contribution < -0.4 is 0 Å². The molecule has 0 atom stereocenters. The van der Waals surface area contributed by atoms with E-state index in [0.717, 1.165) is 12.8 Å². The fraction of sp³-hybridized carbons (Fsp3) is 0.688. The molecule has 23 heavy (non-hydrogen) atoms. The van der Waals surface area contributed by atoms with Crippen molar-refractivity contribution in [1.82, 2.24) is 24.5 Å². The van der Waals surface area contributed by atoms with E-state index in [1.165, 1.54) is 0 Å². The highest BCUT2D eigenvalue weighted by molar-refractivity contribution is 5.92. The Bertz CT molecular complexity index is 542. The first kappa shape index (κ1) is 17.3. The van der Waals surface area contributed by atoms with E-state index in [2.05, 4.69) is 18.9 Å². The van der Waals surface area contributed by atoms with Crippen molar-refractivity contribution in [2.24, 2.45) is 0 Å². The summed E-state index contributed by atoms with van der Waals surface area (Å²) in [6, 6.07) is 2.04. The lowest BCUT2D eigenvalue weighted by atomic mass is 10.1. The average Bonchev–Trinajstić information content (AvgIpc) is 3.04. The number of urea groups is 1. The van der Waals surface area contributed by atoms with Crippen molar-refractivity contribution in [3.8, 4) is 0 Å². The molecule has 1 aliphatic heterocycles. The highest BCUT2D eigenvalue weighted by Gasteiger charge is 2.28. The van der Waals surface area contributed by atoms with Crippen molar-refractivity contribution < 1.29 is 9.59 Å². The molecule has 0 radical (unpaired) electrons. The summed E-state index contributed by atoms with van der Waals surface area (Å²) in [5, 5.41) is 4.34. The molecule has 0 saturated carbocycles. The fourth-order valence-corrected chi connectivity index (χ4v) is 2.95. The van der Waals surface area contributed by atoms with Gasteiger partial charge in [0.15, 0.2) is 0 Å². The zero-order valence-corrected chi connectivity index (χ0v) is 14.5. The molecular formula is C16H27N5O2. The van der Waals surface area contributed by atoms with Crippen LogP contribution in [0, 0.1) is 0 Å². The highest BCUT2D eigenvalue weighted by atomic mass is 16.2. The molecular weight excluding hydrogens is 294 g/mol. The van der Waals surface area contributed by atoms with E-state index in [0.29, 0.717) is 31.9 Å². The summed E-state index contributed by atoms with van der Waals surface area (Å²) in [7, 11) is 3.49. The van der Waals surface area contributed by atoms with E-state index in [-0.39, 0.29) is 18.0 Å². The number of aromatic nitrogens is 2. The van der Waals surface area contributed by atoms with Gasteiger partial charge in [-0.15, -0.1) is 0 Å². The summed E-state index contributed by atoms with van der Waals surface area (Å²) in [5.41, 5.74) is 0.645. The van der Waals surface area contributed by atoms with Gasteiger partial charge < -0.3 is 14.7 Å². The largest absolute Gasteiger partial charge is 0.334 e. The van der Waals surface area contributed by atoms with E-state index >= 15 is 0 Å². The first-order chi connectivity index (χ1) is 11.0. The molecule has 2 rings (SSSR count). The maximum absolute atomic E-state index is 12.8. The molecule has 7 heteroatoms. The van der Waals surface area contributed by atoms with Crippen LogP contribution in [-0.2, 0) is 0 Å². The van der Waals surface area contributed by atoms with Crippen LogP contribution in [0.25, 0.3) is 0 Å². The molecule has 0 bridgehead atoms. The van der Waals surface area contributed by atoms with Crippen LogP contribution in [0.15, 0.2) is 12.3 Å². The SMILES string of the molecule is CCC(CC)n1nccc1C(=O)N1CCN(C(=O)N(C)C)CC1. The summed E-state index contributed by atoms with van der Waals surface area (Å²) in [6.45, 7) is 6.48. The van der Waals surface area contributed by atoms with Gasteiger partial charge in [-0.05, 0) is 18.9 Å². The lowest BCUT2D eigenvalue weighted by Gasteiger charge is -2.36. The Morgan fingerprint density at radius 1 is 1.13 bits per heavy atom. The second kappa shape index (κ2) is 7.48. The Morgan fingerprint density at radius 2 is 1.70 bits per heavy atom. The maximum atomic E-state index is 12.8. The van der Waals surface area contributed by atoms with Crippen molar-refractivity contribution in [3.05, 3.63) is 18.0 Å². The lowest BCUT2D eigenvalue weighted by molar-refractivity contribution is 0.0635. The van der Waals surface area contributed by atoms with E-state index in [4.69, 9.17) is 0 Å². The maximum Gasteiger partial charge on any atom is 0.319 e. The Hall–Kier alpha value is -2.05. The van der Waals surface area contributed by atoms with Crippen molar-refractivity contribution >= 4 is 11.9 Å². The van der Waals surface area contributed by atoms with E-state index in [9.17, 15) is 9.59 Å². The van der Waals surface area contributed by atoms with Crippen molar-refractivity contribution in [2.75, 3.05) is 40.3 Å². The van der Waals surface area contributed by atoms with Gasteiger partial charge in [-0.2, -0.15) is 5.10 Å². The third-order valence-corrected chi connectivity index (χ3v) is 4.40. The van der Waals surface area contributed by atoms with Crippen molar-refractivity contribution in [2.45, 2.75) is 32.7 Å². The number of piperazine rings is 1. The average molecular weight is 321 g/mol. The molecule has 1 aromatic rings. The summed E-state index contributed by atoms with van der Waals surface area (Å²) in [5.74, 6) is 0.00588. The monoisotopic (exact) mass is 321 g/mol. The fourth-order valence-electron chi connectivity index (χ4n) is 2.95. The number of hydrogen-bond acceptors (Lipinski definition) is 3. The minimum atomic E-state index is -0.000768. The summed E-state index contributed by atoms with van der Waals surface area (Å²) in [6.07, 6.45) is 3.59. The third kappa shape index (κ3) is 3.65. The number of carbonyl (C=O) groups excluding carboxylic acids is 2. The zero-order chi connectivity index (χ0) is 17.0. The smallest absolute Gasteiger partial charge is 0.319 e. The van der Waals surface area contributed by atoms with Gasteiger partial charge in [0.2, 0.25) is 0 Å². The van der Waals surface area contributed by atoms with Crippen LogP contribution >= 0.6 is 0 Å². The molecule has 0 aromatic carbocycles. The number of nitrogens with zero attached hydrogens (tertiary/aromatic N) is 5. The lowest BCUT2D eigenvalue weighted by Crippen LogP contribution is -2.53. The molecule has 3 amide bonds. The zero-order valence-electron chi connectivity index (χ0n) is 14.5. The van der Waals surface area contributed by atoms with Gasteiger partial charge in [-0.3, -0.25) is 9.48 Å². The molecule has 7 nitrogen and oxygen atoms in total. The third-order valence-electron chi connectivity index (χ3n) is 4.40. The highest BCUT2D eigenvalue weighted by Crippen LogP contribution is 2.18. The minimum Gasteiger partial charge on any atom is -0.334 e. The Balaban J connectivity index is 2.03. The topological polar surface area (TPSA) is 61.7 Å². The second-order valence-corrected chi connectivity index (χ2v) is 6.09. The van der Waals surface area contributed by atoms with Crippen LogP contribution in [0.2, 0.25) is 0 Å². The second-order valence-electron chi connectivity index (χ2n) is 6.09. The molecule has 1 aliphatic rings. The van der Waals surface area contributed by atoms with Crippen LogP contribution in [-0.4, -0.2) is 76.7 Å². The van der Waals surface area contributed by atoms with Gasteiger partial charge in [0.1, 0.15) is 5.69 Å². The van der Waals surface area contributed by atoms with Crippen LogP contribution in [0.1, 0.15) is 43.2 Å². The number of carbonyl (C=O) groups is 2. The van der Waals surface area contributed by atoms with Gasteiger partial charge >= 0.3 is 6.03 Å². The van der Waals surface area contributed by atoms with Gasteiger partial charge in [0.25, 0.3) is 5.91 Å². The Labute approximate surface area is 137 Å². The van der Waals surface area contributed by atoms with E-state index in [1.54, 1.807) is 36.2 Å². The van der Waals surface area contributed by atoms with Crippen molar-refractivity contribution in [3.63, 3.8) is 0 Å². The molecule has 2 heterocycles. The molecule has 0 spiro atoms. The standard InChI is InChI=1S/C16H27N5O2/c1-5-13(6-2)21-14(7-8-17-21)15(22)19-9-11-20(12-10-19)16(23)18(3)4/h7-8,13H,5-6,9-12H2,1-4H3. The predicted molar refractivity (Wildman–Crippen MR) is 88.4 cm³/mol. The van der Waals surface area contributed by atoms with Crippen LogP contribution in [0.3, 0.4) is 0 Å². The van der Waals surface area contributed by atoms with Gasteiger partial charge in [-0.25, -0.2) is 4.79 Å². The predicted octanol–water partition coefficient (Wildman–Crippen LogP) is 1.68. The van der Waals surface area contributed by atoms with Gasteiger partial charge in [0.05, 0.1) is 6.04 Å². The van der Waals surface area contributed by atoms with Gasteiger partial charge in [-0.1, -0.05) is 13.8 Å². The minimum absolute atomic E-state index is 0.000768. The molecule has 128 valence electrons. The van der Waals surface area contributed by atoms with E-state index < -0.39 is 0 Å². The molecule has 0 unspecified atom stereocenters. The van der Waals surface area contributed by atoms with Crippen molar-refractivity contribution in [1.29, 1.82) is 0 Å². The van der Waals surface area contributed by atoms with E-state index in [1.807, 2.05) is 9.58 Å². The quantitative estimate of drug-likeness (QED) is 0.848. The summed E-state index contributed by atoms with van der Waals surface area (Å²) >= 11 is 0. The molecule has 0 aliphatic carbocycles. The Kier molecular flexibility index (Phi) is 5.63.